The van der Waals surface area contributed by atoms with E-state index in [4.69, 9.17) is 13.9 Å². The first-order chi connectivity index (χ1) is 14.6. The monoisotopic (exact) mass is 405 g/mol. The summed E-state index contributed by atoms with van der Waals surface area (Å²) in [7, 11) is 1.60. The molecule has 30 heavy (non-hydrogen) atoms. The summed E-state index contributed by atoms with van der Waals surface area (Å²) in [6.07, 6.45) is 1.83. The average Bonchev–Trinajstić information content (AvgIpc) is 3.36. The van der Waals surface area contributed by atoms with E-state index in [1.54, 1.807) is 18.1 Å². The van der Waals surface area contributed by atoms with Crippen LogP contribution in [0.2, 0.25) is 0 Å². The number of methoxy groups -OCH3 is 1. The van der Waals surface area contributed by atoms with E-state index < -0.39 is 6.04 Å². The van der Waals surface area contributed by atoms with E-state index in [9.17, 15) is 9.59 Å². The van der Waals surface area contributed by atoms with Gasteiger partial charge in [0.15, 0.2) is 5.43 Å². The molecule has 2 atom stereocenters. The zero-order valence-electron chi connectivity index (χ0n) is 17.0. The van der Waals surface area contributed by atoms with E-state index in [2.05, 4.69) is 0 Å². The summed E-state index contributed by atoms with van der Waals surface area (Å²) in [6, 6.07) is 12.4. The van der Waals surface area contributed by atoms with Gasteiger partial charge in [-0.15, -0.1) is 0 Å². The van der Waals surface area contributed by atoms with Crippen LogP contribution >= 0.6 is 0 Å². The number of nitrogens with zero attached hydrogens (tertiary/aromatic N) is 1. The topological polar surface area (TPSA) is 69.0 Å². The first-order valence-electron chi connectivity index (χ1n) is 10.2. The molecule has 0 radical (unpaired) electrons. The van der Waals surface area contributed by atoms with Gasteiger partial charge in [0, 0.05) is 13.2 Å². The molecule has 0 bridgehead atoms. The lowest BCUT2D eigenvalue weighted by atomic mass is 9.97. The fraction of sp³-hybridized carbons (Fsp3) is 0.333. The van der Waals surface area contributed by atoms with Gasteiger partial charge in [0.25, 0.3) is 5.91 Å². The van der Waals surface area contributed by atoms with Crippen molar-refractivity contribution in [1.82, 2.24) is 4.90 Å². The van der Waals surface area contributed by atoms with Crippen LogP contribution in [0.25, 0.3) is 11.0 Å². The highest BCUT2D eigenvalue weighted by Crippen LogP contribution is 2.39. The minimum absolute atomic E-state index is 0.0388. The zero-order chi connectivity index (χ0) is 20.8. The van der Waals surface area contributed by atoms with Gasteiger partial charge in [0.05, 0.1) is 30.2 Å². The second kappa shape index (κ2) is 7.29. The lowest BCUT2D eigenvalue weighted by Crippen LogP contribution is -2.36. The highest BCUT2D eigenvalue weighted by Gasteiger charge is 2.44. The molecule has 0 spiro atoms. The molecule has 1 fully saturated rings. The molecule has 154 valence electrons. The van der Waals surface area contributed by atoms with Crippen LogP contribution in [-0.4, -0.2) is 37.2 Å². The summed E-state index contributed by atoms with van der Waals surface area (Å²) in [6.45, 7) is 3.05. The van der Waals surface area contributed by atoms with Gasteiger partial charge in [-0.25, -0.2) is 0 Å². The average molecular weight is 405 g/mol. The fourth-order valence-electron chi connectivity index (χ4n) is 4.49. The van der Waals surface area contributed by atoms with Crippen molar-refractivity contribution in [3.05, 3.63) is 75.1 Å². The molecule has 6 heteroatoms. The molecule has 0 aliphatic carbocycles. The Hall–Kier alpha value is -3.12. The van der Waals surface area contributed by atoms with Gasteiger partial charge >= 0.3 is 0 Å². The second-order valence-corrected chi connectivity index (χ2v) is 7.95. The standard InChI is InChI=1S/C24H23NO5/c1-14-8-9-19-18(11-14)22(26)20-21(15-5-3-6-16(12-15)28-2)25(24(27)23(20)30-19)13-17-7-4-10-29-17/h3,5-6,8-9,11-12,17,21H,4,7,10,13H2,1-2H3/t17-,21-/m1/s1. The maximum absolute atomic E-state index is 13.5. The van der Waals surface area contributed by atoms with Gasteiger partial charge in [-0.3, -0.25) is 9.59 Å². The van der Waals surface area contributed by atoms with Crippen molar-refractivity contribution >= 4 is 16.9 Å². The summed E-state index contributed by atoms with van der Waals surface area (Å²) in [5.41, 5.74) is 2.45. The number of ether oxygens (including phenoxy) is 2. The van der Waals surface area contributed by atoms with Crippen molar-refractivity contribution in [3.63, 3.8) is 0 Å². The van der Waals surface area contributed by atoms with E-state index >= 15 is 0 Å². The molecule has 2 aliphatic rings. The third kappa shape index (κ3) is 2.99. The summed E-state index contributed by atoms with van der Waals surface area (Å²) >= 11 is 0. The first-order valence-corrected chi connectivity index (χ1v) is 10.2. The molecule has 5 rings (SSSR count). The number of aryl methyl sites for hydroxylation is 1. The molecule has 1 amide bonds. The van der Waals surface area contributed by atoms with Crippen molar-refractivity contribution in [2.24, 2.45) is 0 Å². The van der Waals surface area contributed by atoms with Crippen molar-refractivity contribution in [2.75, 3.05) is 20.3 Å². The van der Waals surface area contributed by atoms with E-state index in [1.165, 1.54) is 0 Å². The third-order valence-corrected chi connectivity index (χ3v) is 5.96. The van der Waals surface area contributed by atoms with Gasteiger partial charge in [-0.1, -0.05) is 23.8 Å². The third-order valence-electron chi connectivity index (χ3n) is 5.96. The van der Waals surface area contributed by atoms with Crippen LogP contribution in [0.15, 0.2) is 51.7 Å². The molecule has 0 N–H and O–H groups in total. The second-order valence-electron chi connectivity index (χ2n) is 7.95. The number of fused-ring (bicyclic) bond motifs is 2. The molecule has 1 aromatic heterocycles. The van der Waals surface area contributed by atoms with Crippen molar-refractivity contribution in [1.29, 1.82) is 0 Å². The largest absolute Gasteiger partial charge is 0.497 e. The Kier molecular flexibility index (Phi) is 4.59. The van der Waals surface area contributed by atoms with E-state index in [0.29, 0.717) is 35.4 Å². The van der Waals surface area contributed by atoms with Crippen LogP contribution in [0.4, 0.5) is 0 Å². The Balaban J connectivity index is 1.71. The summed E-state index contributed by atoms with van der Waals surface area (Å²) in [5, 5.41) is 0.494. The van der Waals surface area contributed by atoms with Gasteiger partial charge < -0.3 is 18.8 Å². The Labute approximate surface area is 174 Å². The Morgan fingerprint density at radius 3 is 2.80 bits per heavy atom. The van der Waals surface area contributed by atoms with Crippen LogP contribution in [-0.2, 0) is 4.74 Å². The lowest BCUT2D eigenvalue weighted by Gasteiger charge is -2.27. The summed E-state index contributed by atoms with van der Waals surface area (Å²) in [4.78, 5) is 28.6. The fourth-order valence-corrected chi connectivity index (χ4v) is 4.49. The minimum Gasteiger partial charge on any atom is -0.497 e. The zero-order valence-corrected chi connectivity index (χ0v) is 17.0. The number of amides is 1. The highest BCUT2D eigenvalue weighted by molar-refractivity contribution is 5.99. The van der Waals surface area contributed by atoms with Crippen molar-refractivity contribution < 1.29 is 18.7 Å². The van der Waals surface area contributed by atoms with Crippen LogP contribution in [0, 0.1) is 6.92 Å². The molecule has 2 aromatic carbocycles. The molecule has 2 aliphatic heterocycles. The minimum atomic E-state index is -0.534. The quantitative estimate of drug-likeness (QED) is 0.660. The molecule has 6 nitrogen and oxygen atoms in total. The predicted octanol–water partition coefficient (Wildman–Crippen LogP) is 3.83. The Morgan fingerprint density at radius 2 is 2.03 bits per heavy atom. The predicted molar refractivity (Wildman–Crippen MR) is 112 cm³/mol. The molecular weight excluding hydrogens is 382 g/mol. The molecule has 0 unspecified atom stereocenters. The normalized spacial score (nSPS) is 20.7. The molecule has 3 heterocycles. The summed E-state index contributed by atoms with van der Waals surface area (Å²) in [5.74, 6) is 0.529. The van der Waals surface area contributed by atoms with E-state index in [1.807, 2.05) is 43.3 Å². The Morgan fingerprint density at radius 1 is 1.17 bits per heavy atom. The molecule has 0 saturated carbocycles. The van der Waals surface area contributed by atoms with Crippen LogP contribution in [0.5, 0.6) is 5.75 Å². The number of benzene rings is 2. The van der Waals surface area contributed by atoms with E-state index in [0.717, 1.165) is 24.0 Å². The highest BCUT2D eigenvalue weighted by atomic mass is 16.5. The lowest BCUT2D eigenvalue weighted by molar-refractivity contribution is 0.0486. The maximum atomic E-state index is 13.5. The SMILES string of the molecule is COc1cccc([C@@H]2c3c(oc4ccc(C)cc4c3=O)C(=O)N2C[C@H]2CCCO2)c1. The number of carbonyl (C=O) groups is 1. The van der Waals surface area contributed by atoms with Crippen molar-refractivity contribution in [2.45, 2.75) is 31.9 Å². The Bertz CT molecular complexity index is 1190. The van der Waals surface area contributed by atoms with Crippen LogP contribution < -0.4 is 10.2 Å². The van der Waals surface area contributed by atoms with Crippen molar-refractivity contribution in [3.8, 4) is 5.75 Å². The molecular formula is C24H23NO5. The number of rotatable bonds is 4. The van der Waals surface area contributed by atoms with Crippen LogP contribution in [0.1, 0.15) is 46.1 Å². The smallest absolute Gasteiger partial charge is 0.291 e. The number of carbonyl (C=O) groups excluding carboxylic acids is 1. The number of hydrogen-bond donors (Lipinski definition) is 0. The van der Waals surface area contributed by atoms with Gasteiger partial charge in [-0.05, 0) is 49.6 Å². The van der Waals surface area contributed by atoms with Crippen LogP contribution in [0.3, 0.4) is 0 Å². The van der Waals surface area contributed by atoms with Gasteiger partial charge in [0.2, 0.25) is 5.76 Å². The number of hydrogen-bond acceptors (Lipinski definition) is 5. The molecule has 1 saturated heterocycles. The molecule has 3 aromatic rings. The summed E-state index contributed by atoms with van der Waals surface area (Å²) < 4.78 is 17.2. The van der Waals surface area contributed by atoms with Gasteiger partial charge in [0.1, 0.15) is 11.3 Å². The van der Waals surface area contributed by atoms with Gasteiger partial charge in [-0.2, -0.15) is 0 Å². The maximum Gasteiger partial charge on any atom is 0.291 e. The van der Waals surface area contributed by atoms with E-state index in [-0.39, 0.29) is 23.2 Å². The first kappa shape index (κ1) is 18.9.